The topological polar surface area (TPSA) is 44.8 Å². The van der Waals surface area contributed by atoms with E-state index >= 15 is 0 Å². The molecule has 0 aliphatic heterocycles. The molecule has 0 fully saturated rings. The molecular weight excluding hydrogens is 256 g/mol. The summed E-state index contributed by atoms with van der Waals surface area (Å²) in [5.74, 6) is 0.360. The molecule has 0 N–H and O–H groups in total. The molecule has 4 nitrogen and oxygen atoms in total. The quantitative estimate of drug-likeness (QED) is 0.539. The van der Waals surface area contributed by atoms with Gasteiger partial charge in [-0.1, -0.05) is 17.7 Å². The lowest BCUT2D eigenvalue weighted by Crippen LogP contribution is -2.25. The van der Waals surface area contributed by atoms with Crippen molar-refractivity contribution in [2.24, 2.45) is 0 Å². The van der Waals surface area contributed by atoms with E-state index in [9.17, 15) is 4.79 Å². The highest BCUT2D eigenvalue weighted by Crippen LogP contribution is 2.27. The maximum absolute atomic E-state index is 10.9. The van der Waals surface area contributed by atoms with Crippen LogP contribution in [-0.4, -0.2) is 32.4 Å². The van der Waals surface area contributed by atoms with Crippen molar-refractivity contribution < 1.29 is 19.0 Å². The van der Waals surface area contributed by atoms with Crippen molar-refractivity contribution in [3.63, 3.8) is 0 Å². The fourth-order valence-electron chi connectivity index (χ4n) is 1.44. The Morgan fingerprint density at radius 2 is 1.94 bits per heavy atom. The Morgan fingerprint density at radius 3 is 2.50 bits per heavy atom. The van der Waals surface area contributed by atoms with Crippen LogP contribution in [0.1, 0.15) is 24.2 Å². The Bertz CT molecular complexity index is 375. The Hall–Kier alpha value is -1.10. The molecule has 0 heterocycles. The van der Waals surface area contributed by atoms with E-state index in [1.807, 2.05) is 13.8 Å². The number of carbonyl (C=O) groups excluding carboxylic acids is 1. The molecule has 18 heavy (non-hydrogen) atoms. The predicted octanol–water partition coefficient (Wildman–Crippen LogP) is 2.93. The first-order chi connectivity index (χ1) is 8.72. The lowest BCUT2D eigenvalue weighted by molar-refractivity contribution is -0.152. The van der Waals surface area contributed by atoms with E-state index < -0.39 is 6.29 Å². The molecule has 1 rings (SSSR count). The van der Waals surface area contributed by atoms with Crippen molar-refractivity contribution in [3.05, 3.63) is 28.8 Å². The molecule has 0 saturated carbocycles. The number of benzene rings is 1. The van der Waals surface area contributed by atoms with Gasteiger partial charge in [0.25, 0.3) is 0 Å². The van der Waals surface area contributed by atoms with Crippen LogP contribution in [0.15, 0.2) is 18.2 Å². The van der Waals surface area contributed by atoms with E-state index in [2.05, 4.69) is 0 Å². The molecule has 0 atom stereocenters. The van der Waals surface area contributed by atoms with E-state index in [0.717, 1.165) is 0 Å². The number of halogens is 1. The second-order valence-electron chi connectivity index (χ2n) is 3.43. The van der Waals surface area contributed by atoms with Crippen LogP contribution in [0.5, 0.6) is 5.75 Å². The number of hydrogen-bond donors (Lipinski definition) is 0. The first kappa shape index (κ1) is 15.0. The Labute approximate surface area is 112 Å². The van der Waals surface area contributed by atoms with Crippen LogP contribution >= 0.6 is 11.6 Å². The Balaban J connectivity index is 2.69. The number of hydrogen-bond acceptors (Lipinski definition) is 4. The predicted molar refractivity (Wildman–Crippen MR) is 69.4 cm³/mol. The third-order valence-electron chi connectivity index (χ3n) is 2.19. The zero-order chi connectivity index (χ0) is 13.4. The molecular formula is C13H17ClO4. The smallest absolute Gasteiger partial charge is 0.191 e. The second kappa shape index (κ2) is 8.08. The zero-order valence-electron chi connectivity index (χ0n) is 10.5. The molecule has 0 spiro atoms. The van der Waals surface area contributed by atoms with Gasteiger partial charge in [-0.25, -0.2) is 0 Å². The fraction of sp³-hybridized carbons (Fsp3) is 0.462. The summed E-state index contributed by atoms with van der Waals surface area (Å²) in [6.45, 7) is 4.98. The van der Waals surface area contributed by atoms with Gasteiger partial charge in [-0.05, 0) is 26.0 Å². The number of carbonyl (C=O) groups is 1. The van der Waals surface area contributed by atoms with E-state index in [1.54, 1.807) is 18.2 Å². The maximum Gasteiger partial charge on any atom is 0.191 e. The van der Waals surface area contributed by atoms with Crippen LogP contribution in [0.25, 0.3) is 0 Å². The van der Waals surface area contributed by atoms with Crippen molar-refractivity contribution in [2.45, 2.75) is 20.1 Å². The minimum absolute atomic E-state index is 0.187. The molecule has 100 valence electrons. The van der Waals surface area contributed by atoms with Crippen molar-refractivity contribution in [3.8, 4) is 5.75 Å². The van der Waals surface area contributed by atoms with Crippen LogP contribution in [0.3, 0.4) is 0 Å². The molecule has 1 aromatic carbocycles. The monoisotopic (exact) mass is 272 g/mol. The van der Waals surface area contributed by atoms with Gasteiger partial charge in [0.05, 0.1) is 10.6 Å². The van der Waals surface area contributed by atoms with Crippen molar-refractivity contribution in [2.75, 3.05) is 19.8 Å². The third kappa shape index (κ3) is 4.29. The fourth-order valence-corrected chi connectivity index (χ4v) is 1.67. The molecule has 0 aliphatic carbocycles. The summed E-state index contributed by atoms with van der Waals surface area (Å²) in [4.78, 5) is 10.9. The summed E-state index contributed by atoms with van der Waals surface area (Å²) in [5, 5.41) is 0.395. The van der Waals surface area contributed by atoms with Crippen LogP contribution in [0.2, 0.25) is 5.02 Å². The third-order valence-corrected chi connectivity index (χ3v) is 2.49. The van der Waals surface area contributed by atoms with Crippen molar-refractivity contribution >= 4 is 17.9 Å². The van der Waals surface area contributed by atoms with E-state index in [4.69, 9.17) is 25.8 Å². The van der Waals surface area contributed by atoms with E-state index in [-0.39, 0.29) is 6.61 Å². The summed E-state index contributed by atoms with van der Waals surface area (Å²) in [5.41, 5.74) is 0.411. The van der Waals surface area contributed by atoms with Crippen molar-refractivity contribution in [1.82, 2.24) is 0 Å². The van der Waals surface area contributed by atoms with Gasteiger partial charge >= 0.3 is 0 Å². The number of ether oxygens (including phenoxy) is 3. The van der Waals surface area contributed by atoms with Crippen molar-refractivity contribution in [1.29, 1.82) is 0 Å². The highest BCUT2D eigenvalue weighted by atomic mass is 35.5. The van der Waals surface area contributed by atoms with Gasteiger partial charge in [-0.2, -0.15) is 0 Å². The normalized spacial score (nSPS) is 10.7. The van der Waals surface area contributed by atoms with Gasteiger partial charge in [-0.15, -0.1) is 0 Å². The highest BCUT2D eigenvalue weighted by molar-refractivity contribution is 6.32. The van der Waals surface area contributed by atoms with Crippen LogP contribution in [0.4, 0.5) is 0 Å². The summed E-state index contributed by atoms with van der Waals surface area (Å²) in [6, 6.07) is 5.01. The first-order valence-corrected chi connectivity index (χ1v) is 6.20. The van der Waals surface area contributed by atoms with E-state index in [0.29, 0.717) is 35.8 Å². The highest BCUT2D eigenvalue weighted by Gasteiger charge is 2.13. The average molecular weight is 273 g/mol. The zero-order valence-corrected chi connectivity index (χ0v) is 11.3. The minimum atomic E-state index is -0.462. The van der Waals surface area contributed by atoms with Gasteiger partial charge in [0.1, 0.15) is 12.4 Å². The number of aldehydes is 1. The van der Waals surface area contributed by atoms with Gasteiger partial charge < -0.3 is 14.2 Å². The molecule has 5 heteroatoms. The molecule has 0 bridgehead atoms. The van der Waals surface area contributed by atoms with Gasteiger partial charge in [0.2, 0.25) is 0 Å². The number of para-hydroxylation sites is 1. The summed E-state index contributed by atoms with van der Waals surface area (Å²) >= 11 is 5.98. The van der Waals surface area contributed by atoms with Crippen LogP contribution in [0, 0.1) is 0 Å². The van der Waals surface area contributed by atoms with Gasteiger partial charge in [0.15, 0.2) is 12.6 Å². The first-order valence-electron chi connectivity index (χ1n) is 5.82. The molecule has 0 aliphatic rings. The average Bonchev–Trinajstić information content (AvgIpc) is 2.37. The largest absolute Gasteiger partial charge is 0.486 e. The van der Waals surface area contributed by atoms with Crippen LogP contribution < -0.4 is 4.74 Å². The SMILES string of the molecule is CCOC(COc1c(Cl)cccc1C=O)OCC. The molecule has 0 aromatic heterocycles. The lowest BCUT2D eigenvalue weighted by Gasteiger charge is -2.18. The molecule has 1 aromatic rings. The molecule has 0 radical (unpaired) electrons. The summed E-state index contributed by atoms with van der Waals surface area (Å²) in [7, 11) is 0. The van der Waals surface area contributed by atoms with E-state index in [1.165, 1.54) is 0 Å². The summed E-state index contributed by atoms with van der Waals surface area (Å²) < 4.78 is 16.2. The minimum Gasteiger partial charge on any atom is -0.486 e. The molecule has 0 amide bonds. The molecule has 0 saturated heterocycles. The Kier molecular flexibility index (Phi) is 6.72. The van der Waals surface area contributed by atoms with Gasteiger partial charge in [-0.3, -0.25) is 4.79 Å². The van der Waals surface area contributed by atoms with Crippen LogP contribution in [-0.2, 0) is 9.47 Å². The standard InChI is InChI=1S/C13H17ClO4/c1-3-16-12(17-4-2)9-18-13-10(8-15)6-5-7-11(13)14/h5-8,12H,3-4,9H2,1-2H3. The Morgan fingerprint density at radius 1 is 1.28 bits per heavy atom. The second-order valence-corrected chi connectivity index (χ2v) is 3.83. The van der Waals surface area contributed by atoms with Gasteiger partial charge in [0, 0.05) is 13.2 Å². The molecule has 0 unspecified atom stereocenters. The summed E-state index contributed by atoms with van der Waals surface area (Å²) in [6.07, 6.45) is 0.244. The number of rotatable bonds is 8. The lowest BCUT2D eigenvalue weighted by atomic mass is 10.2. The maximum atomic E-state index is 10.9.